The van der Waals surface area contributed by atoms with Crippen molar-refractivity contribution in [2.45, 2.75) is 50.5 Å². The number of hydrogen-bond acceptors (Lipinski definition) is 2. The fourth-order valence-electron chi connectivity index (χ4n) is 5.26. The van der Waals surface area contributed by atoms with Gasteiger partial charge in [0, 0.05) is 18.0 Å². The van der Waals surface area contributed by atoms with Crippen LogP contribution in [0.1, 0.15) is 50.5 Å². The van der Waals surface area contributed by atoms with E-state index in [0.29, 0.717) is 5.91 Å². The molecule has 2 aliphatic carbocycles. The first-order valence-electron chi connectivity index (χ1n) is 9.56. The average Bonchev–Trinajstić information content (AvgIpc) is 3.38. The van der Waals surface area contributed by atoms with Crippen LogP contribution in [0.15, 0.2) is 30.3 Å². The van der Waals surface area contributed by atoms with Crippen molar-refractivity contribution in [2.75, 3.05) is 20.6 Å². The minimum atomic E-state index is 0.127. The van der Waals surface area contributed by atoms with E-state index in [1.165, 1.54) is 18.4 Å². The largest absolute Gasteiger partial charge is 0.355 e. The highest BCUT2D eigenvalue weighted by atomic mass is 16.2. The maximum absolute atomic E-state index is 12.5. The zero-order chi connectivity index (χ0) is 16.8. The monoisotopic (exact) mass is 326 g/mol. The lowest BCUT2D eigenvalue weighted by molar-refractivity contribution is -0.125. The van der Waals surface area contributed by atoms with Gasteiger partial charge < -0.3 is 5.32 Å². The van der Waals surface area contributed by atoms with Gasteiger partial charge in [-0.25, -0.2) is 0 Å². The molecule has 4 rings (SSSR count). The van der Waals surface area contributed by atoms with Crippen LogP contribution in [-0.2, 0) is 10.3 Å². The van der Waals surface area contributed by atoms with E-state index in [9.17, 15) is 4.79 Å². The summed E-state index contributed by atoms with van der Waals surface area (Å²) in [6.45, 7) is 0.904. The highest BCUT2D eigenvalue weighted by Gasteiger charge is 2.54. The SMILES string of the molecule is CN(C)C1(c2ccccc2)CCC2(CC1)CNC(=O)C2CC1CC1. The van der Waals surface area contributed by atoms with Gasteiger partial charge in [-0.05, 0) is 63.1 Å². The van der Waals surface area contributed by atoms with Gasteiger partial charge in [0.05, 0.1) is 0 Å². The lowest BCUT2D eigenvalue weighted by Gasteiger charge is -2.50. The van der Waals surface area contributed by atoms with Crippen LogP contribution in [0.2, 0.25) is 0 Å². The molecule has 130 valence electrons. The second-order valence-corrected chi connectivity index (χ2v) is 8.60. The molecule has 2 saturated carbocycles. The maximum Gasteiger partial charge on any atom is 0.223 e. The topological polar surface area (TPSA) is 32.3 Å². The first kappa shape index (κ1) is 16.1. The molecule has 3 fully saturated rings. The van der Waals surface area contributed by atoms with Crippen molar-refractivity contribution in [3.63, 3.8) is 0 Å². The molecular formula is C21H30N2O. The van der Waals surface area contributed by atoms with E-state index in [4.69, 9.17) is 0 Å². The molecule has 1 heterocycles. The predicted molar refractivity (Wildman–Crippen MR) is 96.5 cm³/mol. The molecule has 3 heteroatoms. The van der Waals surface area contributed by atoms with Crippen molar-refractivity contribution in [2.24, 2.45) is 17.3 Å². The molecule has 1 aliphatic heterocycles. The van der Waals surface area contributed by atoms with Crippen molar-refractivity contribution < 1.29 is 4.79 Å². The summed E-state index contributed by atoms with van der Waals surface area (Å²) in [7, 11) is 4.43. The van der Waals surface area contributed by atoms with E-state index in [1.807, 2.05) is 0 Å². The first-order chi connectivity index (χ1) is 11.6. The molecule has 0 aromatic heterocycles. The Bertz CT molecular complexity index is 598. The quantitative estimate of drug-likeness (QED) is 0.918. The summed E-state index contributed by atoms with van der Waals surface area (Å²) in [5.41, 5.74) is 1.77. The van der Waals surface area contributed by atoms with Crippen molar-refractivity contribution in [1.82, 2.24) is 10.2 Å². The molecule has 1 aromatic carbocycles. The average molecular weight is 326 g/mol. The molecule has 3 aliphatic rings. The van der Waals surface area contributed by atoms with Crippen LogP contribution in [0, 0.1) is 17.3 Å². The molecule has 1 spiro atoms. The van der Waals surface area contributed by atoms with E-state index in [1.54, 1.807) is 0 Å². The summed E-state index contributed by atoms with van der Waals surface area (Å²) in [4.78, 5) is 14.9. The lowest BCUT2D eigenvalue weighted by atomic mass is 9.60. The maximum atomic E-state index is 12.5. The number of nitrogens with one attached hydrogen (secondary N) is 1. The van der Waals surface area contributed by atoms with E-state index in [2.05, 4.69) is 54.6 Å². The van der Waals surface area contributed by atoms with Gasteiger partial charge in [-0.15, -0.1) is 0 Å². The third-order valence-corrected chi connectivity index (χ3v) is 7.18. The number of nitrogens with zero attached hydrogens (tertiary/aromatic N) is 1. The van der Waals surface area contributed by atoms with Gasteiger partial charge in [-0.2, -0.15) is 0 Å². The third kappa shape index (κ3) is 2.57. The van der Waals surface area contributed by atoms with Crippen molar-refractivity contribution in [3.8, 4) is 0 Å². The molecule has 3 nitrogen and oxygen atoms in total. The normalized spacial score (nSPS) is 36.3. The van der Waals surface area contributed by atoms with Gasteiger partial charge in [0.2, 0.25) is 5.91 Å². The fraction of sp³-hybridized carbons (Fsp3) is 0.667. The molecule has 1 unspecified atom stereocenters. The number of hydrogen-bond donors (Lipinski definition) is 1. The second kappa shape index (κ2) is 5.87. The summed E-state index contributed by atoms with van der Waals surface area (Å²) in [6, 6.07) is 11.0. The number of carbonyl (C=O) groups excluding carboxylic acids is 1. The van der Waals surface area contributed by atoms with E-state index >= 15 is 0 Å². The Morgan fingerprint density at radius 1 is 1.08 bits per heavy atom. The number of amides is 1. The van der Waals surface area contributed by atoms with Gasteiger partial charge in [0.25, 0.3) is 0 Å². The molecule has 1 N–H and O–H groups in total. The van der Waals surface area contributed by atoms with Gasteiger partial charge in [-0.3, -0.25) is 9.69 Å². The molecule has 1 saturated heterocycles. The first-order valence-corrected chi connectivity index (χ1v) is 9.56. The fourth-order valence-corrected chi connectivity index (χ4v) is 5.26. The Labute approximate surface area is 145 Å². The molecule has 1 atom stereocenters. The zero-order valence-corrected chi connectivity index (χ0v) is 15.1. The summed E-state index contributed by atoms with van der Waals surface area (Å²) in [5, 5.41) is 3.21. The molecule has 0 bridgehead atoms. The smallest absolute Gasteiger partial charge is 0.223 e. The molecule has 1 amide bonds. The Kier molecular flexibility index (Phi) is 3.95. The molecule has 1 aromatic rings. The van der Waals surface area contributed by atoms with Gasteiger partial charge in [-0.1, -0.05) is 43.2 Å². The van der Waals surface area contributed by atoms with Crippen LogP contribution < -0.4 is 5.32 Å². The van der Waals surface area contributed by atoms with Crippen molar-refractivity contribution >= 4 is 5.91 Å². The van der Waals surface area contributed by atoms with Crippen LogP contribution >= 0.6 is 0 Å². The molecule has 0 radical (unpaired) electrons. The summed E-state index contributed by atoms with van der Waals surface area (Å²) in [6.07, 6.45) is 8.44. The van der Waals surface area contributed by atoms with Crippen LogP contribution in [-0.4, -0.2) is 31.4 Å². The number of carbonyl (C=O) groups is 1. The van der Waals surface area contributed by atoms with Crippen LogP contribution in [0.5, 0.6) is 0 Å². The van der Waals surface area contributed by atoms with E-state index in [-0.39, 0.29) is 16.9 Å². The van der Waals surface area contributed by atoms with Gasteiger partial charge in [0.15, 0.2) is 0 Å². The highest BCUT2D eigenvalue weighted by Crippen LogP contribution is 2.55. The Balaban J connectivity index is 1.57. The second-order valence-electron chi connectivity index (χ2n) is 8.60. The van der Waals surface area contributed by atoms with Gasteiger partial charge >= 0.3 is 0 Å². The summed E-state index contributed by atoms with van der Waals surface area (Å²) >= 11 is 0. The molecular weight excluding hydrogens is 296 g/mol. The summed E-state index contributed by atoms with van der Waals surface area (Å²) in [5.74, 6) is 1.42. The lowest BCUT2D eigenvalue weighted by Crippen LogP contribution is -2.48. The Morgan fingerprint density at radius 2 is 1.75 bits per heavy atom. The Morgan fingerprint density at radius 3 is 2.33 bits per heavy atom. The van der Waals surface area contributed by atoms with Crippen molar-refractivity contribution in [1.29, 1.82) is 0 Å². The summed E-state index contributed by atoms with van der Waals surface area (Å²) < 4.78 is 0. The zero-order valence-electron chi connectivity index (χ0n) is 15.1. The van der Waals surface area contributed by atoms with Crippen molar-refractivity contribution in [3.05, 3.63) is 35.9 Å². The number of benzene rings is 1. The molecule has 24 heavy (non-hydrogen) atoms. The predicted octanol–water partition coefficient (Wildman–Crippen LogP) is 3.55. The van der Waals surface area contributed by atoms with Gasteiger partial charge in [0.1, 0.15) is 0 Å². The van der Waals surface area contributed by atoms with Crippen LogP contribution in [0.25, 0.3) is 0 Å². The standard InChI is InChI=1S/C21H30N2O/c1-23(2)21(17-6-4-3-5-7-17)12-10-20(11-13-21)15-22-19(24)18(20)14-16-8-9-16/h3-7,16,18H,8-15H2,1-2H3,(H,22,24). The van der Waals surface area contributed by atoms with Crippen LogP contribution in [0.3, 0.4) is 0 Å². The van der Waals surface area contributed by atoms with Crippen LogP contribution in [0.4, 0.5) is 0 Å². The highest BCUT2D eigenvalue weighted by molar-refractivity contribution is 5.82. The van der Waals surface area contributed by atoms with E-state index < -0.39 is 0 Å². The minimum Gasteiger partial charge on any atom is -0.355 e. The Hall–Kier alpha value is -1.35. The third-order valence-electron chi connectivity index (χ3n) is 7.18. The van der Waals surface area contributed by atoms with E-state index in [0.717, 1.165) is 44.6 Å². The minimum absolute atomic E-state index is 0.127. The number of rotatable bonds is 4.